The van der Waals surface area contributed by atoms with Gasteiger partial charge in [-0.25, -0.2) is 0 Å². The highest BCUT2D eigenvalue weighted by Crippen LogP contribution is 2.25. The molecule has 0 heterocycles. The van der Waals surface area contributed by atoms with Gasteiger partial charge >= 0.3 is 5.97 Å². The average molecular weight is 199 g/mol. The van der Waals surface area contributed by atoms with Gasteiger partial charge in [0.1, 0.15) is 0 Å². The molecule has 0 aliphatic heterocycles. The third-order valence-electron chi connectivity index (χ3n) is 2.76. The van der Waals surface area contributed by atoms with Crippen LogP contribution in [0.25, 0.3) is 0 Å². The van der Waals surface area contributed by atoms with Crippen molar-refractivity contribution in [2.45, 2.75) is 45.6 Å². The summed E-state index contributed by atoms with van der Waals surface area (Å²) in [6.07, 6.45) is 4.55. The van der Waals surface area contributed by atoms with E-state index in [0.29, 0.717) is 13.0 Å². The van der Waals surface area contributed by atoms with Gasteiger partial charge in [-0.15, -0.1) is 0 Å². The summed E-state index contributed by atoms with van der Waals surface area (Å²) in [4.78, 5) is 11.1. The second kappa shape index (κ2) is 6.02. The number of esters is 1. The Balaban J connectivity index is 2.02. The minimum Gasteiger partial charge on any atom is -0.466 e. The zero-order chi connectivity index (χ0) is 10.4. The van der Waals surface area contributed by atoms with Crippen molar-refractivity contribution in [2.24, 2.45) is 5.92 Å². The third-order valence-corrected chi connectivity index (χ3v) is 2.76. The molecule has 82 valence electrons. The lowest BCUT2D eigenvalue weighted by Crippen LogP contribution is -2.35. The molecule has 1 unspecified atom stereocenters. The molecule has 0 aromatic heterocycles. The van der Waals surface area contributed by atoms with Crippen LogP contribution in [0.2, 0.25) is 0 Å². The molecule has 1 aliphatic rings. The van der Waals surface area contributed by atoms with Crippen LogP contribution in [-0.2, 0) is 9.53 Å². The highest BCUT2D eigenvalue weighted by atomic mass is 16.5. The smallest absolute Gasteiger partial charge is 0.307 e. The Morgan fingerprint density at radius 1 is 1.57 bits per heavy atom. The number of carbonyl (C=O) groups is 1. The molecule has 0 aromatic carbocycles. The average Bonchev–Trinajstić information content (AvgIpc) is 2.01. The Morgan fingerprint density at radius 2 is 2.29 bits per heavy atom. The molecule has 0 spiro atoms. The van der Waals surface area contributed by atoms with Gasteiger partial charge in [0.15, 0.2) is 0 Å². The van der Waals surface area contributed by atoms with Crippen LogP contribution < -0.4 is 5.32 Å². The van der Waals surface area contributed by atoms with Gasteiger partial charge in [0, 0.05) is 6.04 Å². The zero-order valence-corrected chi connectivity index (χ0v) is 9.21. The summed E-state index contributed by atoms with van der Waals surface area (Å²) in [6.45, 7) is 5.41. The molecular formula is C11H21NO2. The maximum Gasteiger partial charge on any atom is 0.307 e. The highest BCUT2D eigenvalue weighted by Gasteiger charge is 2.18. The van der Waals surface area contributed by atoms with Crippen molar-refractivity contribution < 1.29 is 9.53 Å². The monoisotopic (exact) mass is 199 g/mol. The Morgan fingerprint density at radius 3 is 2.79 bits per heavy atom. The van der Waals surface area contributed by atoms with Crippen LogP contribution in [0, 0.1) is 5.92 Å². The molecule has 1 atom stereocenters. The summed E-state index contributed by atoms with van der Waals surface area (Å²) in [5.41, 5.74) is 0. The summed E-state index contributed by atoms with van der Waals surface area (Å²) in [5.74, 6) is 0.751. The number of nitrogens with one attached hydrogen (secondary N) is 1. The number of ether oxygens (including phenoxy) is 1. The minimum atomic E-state index is -0.0962. The molecule has 0 aromatic rings. The quantitative estimate of drug-likeness (QED) is 0.662. The lowest BCUT2D eigenvalue weighted by Gasteiger charge is -2.27. The van der Waals surface area contributed by atoms with E-state index in [4.69, 9.17) is 4.74 Å². The first kappa shape index (κ1) is 11.5. The topological polar surface area (TPSA) is 38.3 Å². The second-order valence-electron chi connectivity index (χ2n) is 4.12. The van der Waals surface area contributed by atoms with E-state index in [2.05, 4.69) is 5.32 Å². The summed E-state index contributed by atoms with van der Waals surface area (Å²) in [6, 6.07) is 0.245. The molecule has 14 heavy (non-hydrogen) atoms. The number of carbonyl (C=O) groups excluding carboxylic acids is 1. The van der Waals surface area contributed by atoms with Crippen LogP contribution in [-0.4, -0.2) is 25.2 Å². The minimum absolute atomic E-state index is 0.0962. The van der Waals surface area contributed by atoms with E-state index in [-0.39, 0.29) is 12.0 Å². The second-order valence-corrected chi connectivity index (χ2v) is 4.12. The summed E-state index contributed by atoms with van der Waals surface area (Å²) in [7, 11) is 0. The normalized spacial score (nSPS) is 18.7. The van der Waals surface area contributed by atoms with E-state index < -0.39 is 0 Å². The predicted octanol–water partition coefficient (Wildman–Crippen LogP) is 1.72. The van der Waals surface area contributed by atoms with Gasteiger partial charge in [-0.2, -0.15) is 0 Å². The maximum absolute atomic E-state index is 11.1. The van der Waals surface area contributed by atoms with Crippen LogP contribution in [0.5, 0.6) is 0 Å². The lowest BCUT2D eigenvalue weighted by molar-refractivity contribution is -0.143. The zero-order valence-electron chi connectivity index (χ0n) is 9.21. The predicted molar refractivity (Wildman–Crippen MR) is 56.1 cm³/mol. The van der Waals surface area contributed by atoms with Gasteiger partial charge in [-0.05, 0) is 39.2 Å². The van der Waals surface area contributed by atoms with Crippen molar-refractivity contribution in [3.8, 4) is 0 Å². The SMILES string of the molecule is CCOC(=O)CC(C)NCC1CCC1. The number of rotatable bonds is 6. The van der Waals surface area contributed by atoms with E-state index in [1.165, 1.54) is 19.3 Å². The van der Waals surface area contributed by atoms with Gasteiger partial charge < -0.3 is 10.1 Å². The molecule has 1 saturated carbocycles. The van der Waals surface area contributed by atoms with Crippen LogP contribution in [0.1, 0.15) is 39.5 Å². The van der Waals surface area contributed by atoms with Crippen molar-refractivity contribution in [3.05, 3.63) is 0 Å². The first-order valence-electron chi connectivity index (χ1n) is 5.61. The van der Waals surface area contributed by atoms with E-state index in [0.717, 1.165) is 12.5 Å². The van der Waals surface area contributed by atoms with Gasteiger partial charge in [0.05, 0.1) is 13.0 Å². The number of hydrogen-bond donors (Lipinski definition) is 1. The fourth-order valence-corrected chi connectivity index (χ4v) is 1.61. The molecule has 1 N–H and O–H groups in total. The van der Waals surface area contributed by atoms with Crippen LogP contribution >= 0.6 is 0 Å². The Labute approximate surface area is 86.2 Å². The van der Waals surface area contributed by atoms with Gasteiger partial charge in [0.25, 0.3) is 0 Å². The summed E-state index contributed by atoms with van der Waals surface area (Å²) in [5, 5.41) is 3.37. The van der Waals surface area contributed by atoms with Crippen LogP contribution in [0.15, 0.2) is 0 Å². The third kappa shape index (κ3) is 4.09. The fourth-order valence-electron chi connectivity index (χ4n) is 1.61. The van der Waals surface area contributed by atoms with Gasteiger partial charge in [-0.1, -0.05) is 6.42 Å². The molecule has 0 amide bonds. The molecule has 0 radical (unpaired) electrons. The van der Waals surface area contributed by atoms with Crippen LogP contribution in [0.3, 0.4) is 0 Å². The number of hydrogen-bond acceptors (Lipinski definition) is 3. The Kier molecular flexibility index (Phi) is 4.94. The molecular weight excluding hydrogens is 178 g/mol. The lowest BCUT2D eigenvalue weighted by atomic mass is 9.85. The first-order valence-corrected chi connectivity index (χ1v) is 5.61. The van der Waals surface area contributed by atoms with E-state index in [1.807, 2.05) is 13.8 Å². The maximum atomic E-state index is 11.1. The standard InChI is InChI=1S/C11H21NO2/c1-3-14-11(13)7-9(2)12-8-10-5-4-6-10/h9-10,12H,3-8H2,1-2H3. The van der Waals surface area contributed by atoms with Gasteiger partial charge in [0.2, 0.25) is 0 Å². The molecule has 1 aliphatic carbocycles. The first-order chi connectivity index (χ1) is 6.72. The van der Waals surface area contributed by atoms with E-state index in [1.54, 1.807) is 0 Å². The summed E-state index contributed by atoms with van der Waals surface area (Å²) >= 11 is 0. The molecule has 1 fully saturated rings. The largest absolute Gasteiger partial charge is 0.466 e. The fraction of sp³-hybridized carbons (Fsp3) is 0.909. The molecule has 3 nitrogen and oxygen atoms in total. The van der Waals surface area contributed by atoms with Crippen molar-refractivity contribution >= 4 is 5.97 Å². The van der Waals surface area contributed by atoms with Crippen molar-refractivity contribution in [1.82, 2.24) is 5.32 Å². The van der Waals surface area contributed by atoms with Crippen molar-refractivity contribution in [2.75, 3.05) is 13.2 Å². The van der Waals surface area contributed by atoms with E-state index in [9.17, 15) is 4.79 Å². The van der Waals surface area contributed by atoms with E-state index >= 15 is 0 Å². The summed E-state index contributed by atoms with van der Waals surface area (Å²) < 4.78 is 4.88. The van der Waals surface area contributed by atoms with Crippen molar-refractivity contribution in [3.63, 3.8) is 0 Å². The Bertz CT molecular complexity index is 178. The Hall–Kier alpha value is -0.570. The molecule has 1 rings (SSSR count). The highest BCUT2D eigenvalue weighted by molar-refractivity contribution is 5.69. The van der Waals surface area contributed by atoms with Gasteiger partial charge in [-0.3, -0.25) is 4.79 Å². The molecule has 0 saturated heterocycles. The van der Waals surface area contributed by atoms with Crippen LogP contribution in [0.4, 0.5) is 0 Å². The molecule has 3 heteroatoms. The van der Waals surface area contributed by atoms with Crippen molar-refractivity contribution in [1.29, 1.82) is 0 Å². The molecule has 0 bridgehead atoms.